The summed E-state index contributed by atoms with van der Waals surface area (Å²) in [5, 5.41) is 7.29. The van der Waals surface area contributed by atoms with Crippen LogP contribution in [0.25, 0.3) is 11.3 Å². The van der Waals surface area contributed by atoms with Crippen LogP contribution >= 0.6 is 11.6 Å². The van der Waals surface area contributed by atoms with Crippen molar-refractivity contribution in [3.05, 3.63) is 43.8 Å². The zero-order valence-corrected chi connectivity index (χ0v) is 12.1. The molecule has 0 aromatic carbocycles. The highest BCUT2D eigenvalue weighted by Crippen LogP contribution is 2.63. The summed E-state index contributed by atoms with van der Waals surface area (Å²) in [4.78, 5) is 27.1. The van der Waals surface area contributed by atoms with Crippen molar-refractivity contribution in [2.75, 3.05) is 0 Å². The lowest BCUT2D eigenvalue weighted by molar-refractivity contribution is 0.0925. The Hall–Kier alpha value is -2.09. The van der Waals surface area contributed by atoms with Gasteiger partial charge in [0.1, 0.15) is 5.69 Å². The van der Waals surface area contributed by atoms with Crippen LogP contribution in [0.2, 0.25) is 5.15 Å². The number of rotatable bonds is 3. The van der Waals surface area contributed by atoms with Gasteiger partial charge in [-0.05, 0) is 12.5 Å². The average molecular weight is 329 g/mol. The van der Waals surface area contributed by atoms with Gasteiger partial charge in [0, 0.05) is 17.7 Å². The van der Waals surface area contributed by atoms with Crippen LogP contribution in [0.15, 0.2) is 21.9 Å². The molecule has 1 fully saturated rings. The topological polar surface area (TPSA) is 91.5 Å². The van der Waals surface area contributed by atoms with Crippen molar-refractivity contribution < 1.29 is 8.78 Å². The largest absolute Gasteiger partial charge is 0.325 e. The molecule has 2 N–H and O–H groups in total. The van der Waals surface area contributed by atoms with Crippen molar-refractivity contribution >= 4 is 11.6 Å². The van der Waals surface area contributed by atoms with Crippen LogP contribution in [0, 0.1) is 5.92 Å². The molecule has 2 heterocycles. The third kappa shape index (κ3) is 2.23. The number of nitrogens with one attached hydrogen (secondary N) is 2. The molecule has 0 bridgehead atoms. The monoisotopic (exact) mass is 328 g/mol. The maximum atomic E-state index is 13.8. The fourth-order valence-electron chi connectivity index (χ4n) is 2.66. The Balaban J connectivity index is 2.08. The lowest BCUT2D eigenvalue weighted by Crippen LogP contribution is -2.23. The molecule has 116 valence electrons. The number of aromatic nitrogens is 4. The first-order chi connectivity index (χ1) is 10.4. The molecular formula is C13H11ClF2N4O2. The molecule has 2 aromatic heterocycles. The van der Waals surface area contributed by atoms with Gasteiger partial charge in [-0.25, -0.2) is 13.6 Å². The second-order valence-electron chi connectivity index (χ2n) is 5.13. The number of halogens is 3. The number of nitrogens with zero attached hydrogens (tertiary/aromatic N) is 2. The van der Waals surface area contributed by atoms with E-state index in [0.717, 1.165) is 6.20 Å². The van der Waals surface area contributed by atoms with Gasteiger partial charge in [0.05, 0.1) is 11.5 Å². The van der Waals surface area contributed by atoms with Gasteiger partial charge in [-0.2, -0.15) is 0 Å². The minimum absolute atomic E-state index is 0.0297. The van der Waals surface area contributed by atoms with Gasteiger partial charge >= 0.3 is 5.69 Å². The van der Waals surface area contributed by atoms with Gasteiger partial charge in [0.15, 0.2) is 5.15 Å². The Bertz CT molecular complexity index is 848. The van der Waals surface area contributed by atoms with Crippen molar-refractivity contribution in [1.29, 1.82) is 0 Å². The highest BCUT2D eigenvalue weighted by Gasteiger charge is 2.68. The standard InChI is InChI=1S/C13H11ClF2N4O2/c1-2-7-9(13(7,15)16)5-3-8(19-20-10(5)14)6-4-17-12(22)18-11(6)21/h3-4,7,9H,2H2,1H3,(H2,17,18,21,22)/t7-,9-/m1/s1. The molecule has 3 rings (SSSR count). The molecular weight excluding hydrogens is 318 g/mol. The fourth-order valence-corrected chi connectivity index (χ4v) is 2.87. The number of alkyl halides is 2. The molecule has 1 aliphatic carbocycles. The Labute approximate surface area is 127 Å². The van der Waals surface area contributed by atoms with E-state index in [4.69, 9.17) is 11.6 Å². The zero-order valence-electron chi connectivity index (χ0n) is 11.4. The molecule has 0 aliphatic heterocycles. The van der Waals surface area contributed by atoms with E-state index in [9.17, 15) is 18.4 Å². The maximum absolute atomic E-state index is 13.8. The van der Waals surface area contributed by atoms with E-state index < -0.39 is 29.0 Å². The fraction of sp³-hybridized carbons (Fsp3) is 0.385. The van der Waals surface area contributed by atoms with Crippen molar-refractivity contribution in [3.63, 3.8) is 0 Å². The van der Waals surface area contributed by atoms with Crippen LogP contribution in [-0.2, 0) is 0 Å². The summed E-state index contributed by atoms with van der Waals surface area (Å²) in [6.07, 6.45) is 1.47. The van der Waals surface area contributed by atoms with Gasteiger partial charge in [-0.15, -0.1) is 10.2 Å². The molecule has 0 unspecified atom stereocenters. The Morgan fingerprint density at radius 2 is 2.09 bits per heavy atom. The van der Waals surface area contributed by atoms with Gasteiger partial charge in [-0.3, -0.25) is 9.78 Å². The van der Waals surface area contributed by atoms with Gasteiger partial charge in [-0.1, -0.05) is 18.5 Å². The van der Waals surface area contributed by atoms with E-state index >= 15 is 0 Å². The predicted octanol–water partition coefficient (Wildman–Crippen LogP) is 1.93. The quantitative estimate of drug-likeness (QED) is 0.900. The van der Waals surface area contributed by atoms with E-state index in [1.807, 2.05) is 4.98 Å². The van der Waals surface area contributed by atoms with Gasteiger partial charge < -0.3 is 4.98 Å². The van der Waals surface area contributed by atoms with E-state index in [1.54, 1.807) is 6.92 Å². The molecule has 6 nitrogen and oxygen atoms in total. The van der Waals surface area contributed by atoms with Crippen LogP contribution in [0.4, 0.5) is 8.78 Å². The maximum Gasteiger partial charge on any atom is 0.325 e. The average Bonchev–Trinajstić information content (AvgIpc) is 3.01. The van der Waals surface area contributed by atoms with Crippen molar-refractivity contribution in [2.45, 2.75) is 25.2 Å². The number of aromatic amines is 2. The van der Waals surface area contributed by atoms with Gasteiger partial charge in [0.25, 0.3) is 11.5 Å². The Morgan fingerprint density at radius 3 is 2.68 bits per heavy atom. The lowest BCUT2D eigenvalue weighted by atomic mass is 10.1. The first kappa shape index (κ1) is 14.8. The first-order valence-electron chi connectivity index (χ1n) is 6.59. The highest BCUT2D eigenvalue weighted by atomic mass is 35.5. The van der Waals surface area contributed by atoms with E-state index in [-0.39, 0.29) is 22.0 Å². The van der Waals surface area contributed by atoms with Crippen LogP contribution < -0.4 is 11.2 Å². The first-order valence-corrected chi connectivity index (χ1v) is 6.97. The molecule has 0 saturated heterocycles. The van der Waals surface area contributed by atoms with Gasteiger partial charge in [0.2, 0.25) is 0 Å². The van der Waals surface area contributed by atoms with E-state index in [2.05, 4.69) is 15.2 Å². The third-order valence-corrected chi connectivity index (χ3v) is 4.14. The molecule has 2 aromatic rings. The minimum atomic E-state index is -2.84. The summed E-state index contributed by atoms with van der Waals surface area (Å²) in [6, 6.07) is 1.33. The molecule has 0 radical (unpaired) electrons. The minimum Gasteiger partial charge on any atom is -0.313 e. The third-order valence-electron chi connectivity index (χ3n) is 3.85. The lowest BCUT2D eigenvalue weighted by Gasteiger charge is -2.04. The summed E-state index contributed by atoms with van der Waals surface area (Å²) in [6.45, 7) is 1.68. The number of hydrogen-bond donors (Lipinski definition) is 2. The van der Waals surface area contributed by atoms with Crippen molar-refractivity contribution in [3.8, 4) is 11.3 Å². The number of H-pyrrole nitrogens is 2. The molecule has 0 amide bonds. The SMILES string of the molecule is CC[C@@H]1[C@@H](c2cc(-c3c[nH]c(=O)[nH]c3=O)nnc2Cl)C1(F)F. The molecule has 2 atom stereocenters. The molecule has 1 aliphatic rings. The number of hydrogen-bond acceptors (Lipinski definition) is 4. The Morgan fingerprint density at radius 1 is 1.36 bits per heavy atom. The summed E-state index contributed by atoms with van der Waals surface area (Å²) in [5.41, 5.74) is -1.08. The molecule has 1 saturated carbocycles. The normalized spacial score (nSPS) is 22.5. The second-order valence-corrected chi connectivity index (χ2v) is 5.49. The molecule has 9 heteroatoms. The summed E-state index contributed by atoms with van der Waals surface area (Å²) in [7, 11) is 0. The summed E-state index contributed by atoms with van der Waals surface area (Å²) >= 11 is 5.88. The van der Waals surface area contributed by atoms with Crippen LogP contribution in [0.3, 0.4) is 0 Å². The molecule has 0 spiro atoms. The van der Waals surface area contributed by atoms with E-state index in [1.165, 1.54) is 6.07 Å². The zero-order chi connectivity index (χ0) is 16.1. The van der Waals surface area contributed by atoms with Crippen LogP contribution in [0.1, 0.15) is 24.8 Å². The summed E-state index contributed by atoms with van der Waals surface area (Å²) in [5.74, 6) is -4.66. The summed E-state index contributed by atoms with van der Waals surface area (Å²) < 4.78 is 27.5. The van der Waals surface area contributed by atoms with Crippen molar-refractivity contribution in [2.24, 2.45) is 5.92 Å². The smallest absolute Gasteiger partial charge is 0.313 e. The van der Waals surface area contributed by atoms with Crippen LogP contribution in [0.5, 0.6) is 0 Å². The highest BCUT2D eigenvalue weighted by molar-refractivity contribution is 6.30. The Kier molecular flexibility index (Phi) is 3.36. The van der Waals surface area contributed by atoms with Crippen LogP contribution in [-0.4, -0.2) is 26.1 Å². The van der Waals surface area contributed by atoms with E-state index in [0.29, 0.717) is 6.42 Å². The molecule has 22 heavy (non-hydrogen) atoms. The van der Waals surface area contributed by atoms with Crippen molar-refractivity contribution in [1.82, 2.24) is 20.2 Å². The second kappa shape index (κ2) is 4.98. The predicted molar refractivity (Wildman–Crippen MR) is 75.2 cm³/mol.